The number of ether oxygens (including phenoxy) is 1. The molecule has 21 heavy (non-hydrogen) atoms. The molecule has 2 N–H and O–H groups in total. The molecule has 0 amide bonds. The van der Waals surface area contributed by atoms with Gasteiger partial charge in [-0.25, -0.2) is 4.98 Å². The van der Waals surface area contributed by atoms with Crippen molar-refractivity contribution in [2.75, 3.05) is 7.11 Å². The predicted octanol–water partition coefficient (Wildman–Crippen LogP) is 3.80. The first-order chi connectivity index (χ1) is 10.1. The highest BCUT2D eigenvalue weighted by Crippen LogP contribution is 2.31. The molecular formula is C17H20N2O2. The van der Waals surface area contributed by atoms with Crippen LogP contribution in [0.2, 0.25) is 0 Å². The zero-order valence-electron chi connectivity index (χ0n) is 12.6. The number of aromatic nitrogens is 2. The molecule has 0 saturated heterocycles. The Kier molecular flexibility index (Phi) is 4.82. The maximum absolute atomic E-state index is 10.2. The summed E-state index contributed by atoms with van der Waals surface area (Å²) in [4.78, 5) is 7.11. The van der Waals surface area contributed by atoms with Crippen LogP contribution >= 0.6 is 0 Å². The van der Waals surface area contributed by atoms with Crippen LogP contribution in [0.4, 0.5) is 0 Å². The minimum absolute atomic E-state index is 0.242. The molecule has 110 valence electrons. The maximum atomic E-state index is 10.2. The third-order valence-electron chi connectivity index (χ3n) is 3.10. The molecule has 2 rings (SSSR count). The van der Waals surface area contributed by atoms with Gasteiger partial charge < -0.3 is 14.8 Å². The van der Waals surface area contributed by atoms with E-state index in [1.165, 1.54) is 5.57 Å². The van der Waals surface area contributed by atoms with Crippen molar-refractivity contribution in [3.8, 4) is 11.5 Å². The summed E-state index contributed by atoms with van der Waals surface area (Å²) in [5.41, 5.74) is 2.87. The summed E-state index contributed by atoms with van der Waals surface area (Å²) in [6.07, 6.45) is 9.91. The number of rotatable bonds is 5. The number of hydrogen-bond donors (Lipinski definition) is 2. The number of allylic oxidation sites excluding steroid dienone is 2. The lowest BCUT2D eigenvalue weighted by atomic mass is 10.0. The van der Waals surface area contributed by atoms with Gasteiger partial charge in [0.05, 0.1) is 7.11 Å². The number of phenolic OH excluding ortho intramolecular Hbond substituents is 1. The standard InChI is InChI=1S/C17H20N2O2/c1-12(2)4-6-14-15(20)10-13(11-16(14)21-3)5-7-17-18-8-9-19-17/h4-5,7-11,20H,6H2,1-3H3,(H,18,19)/b7-5+. The van der Waals surface area contributed by atoms with E-state index in [0.29, 0.717) is 12.2 Å². The maximum Gasteiger partial charge on any atom is 0.129 e. The molecule has 0 saturated carbocycles. The van der Waals surface area contributed by atoms with Crippen molar-refractivity contribution in [2.45, 2.75) is 20.3 Å². The van der Waals surface area contributed by atoms with Crippen LogP contribution < -0.4 is 4.74 Å². The molecule has 4 nitrogen and oxygen atoms in total. The summed E-state index contributed by atoms with van der Waals surface area (Å²) in [6.45, 7) is 4.06. The van der Waals surface area contributed by atoms with Crippen LogP contribution in [0.1, 0.15) is 30.8 Å². The van der Waals surface area contributed by atoms with Crippen molar-refractivity contribution in [1.82, 2.24) is 9.97 Å². The topological polar surface area (TPSA) is 58.1 Å². The summed E-state index contributed by atoms with van der Waals surface area (Å²) in [5.74, 6) is 1.69. The molecule has 0 aliphatic heterocycles. The Morgan fingerprint density at radius 3 is 2.76 bits per heavy atom. The lowest BCUT2D eigenvalue weighted by Gasteiger charge is -2.10. The molecule has 4 heteroatoms. The van der Waals surface area contributed by atoms with Crippen molar-refractivity contribution in [3.05, 3.63) is 53.1 Å². The first-order valence-electron chi connectivity index (χ1n) is 6.81. The van der Waals surface area contributed by atoms with Gasteiger partial charge >= 0.3 is 0 Å². The van der Waals surface area contributed by atoms with Gasteiger partial charge in [0, 0.05) is 18.0 Å². The first-order valence-corrected chi connectivity index (χ1v) is 6.81. The zero-order chi connectivity index (χ0) is 15.2. The van der Waals surface area contributed by atoms with Crippen molar-refractivity contribution in [3.63, 3.8) is 0 Å². The van der Waals surface area contributed by atoms with E-state index in [-0.39, 0.29) is 5.75 Å². The molecule has 1 aromatic carbocycles. The molecule has 0 bridgehead atoms. The Morgan fingerprint density at radius 1 is 1.33 bits per heavy atom. The minimum Gasteiger partial charge on any atom is -0.507 e. The number of methoxy groups -OCH3 is 1. The molecule has 0 unspecified atom stereocenters. The second kappa shape index (κ2) is 6.79. The van der Waals surface area contributed by atoms with Crippen LogP contribution in [0.15, 0.2) is 36.2 Å². The van der Waals surface area contributed by atoms with E-state index in [1.54, 1.807) is 25.6 Å². The van der Waals surface area contributed by atoms with Crippen LogP contribution in [0.25, 0.3) is 12.2 Å². The van der Waals surface area contributed by atoms with Gasteiger partial charge in [0.15, 0.2) is 0 Å². The van der Waals surface area contributed by atoms with Gasteiger partial charge in [-0.15, -0.1) is 0 Å². The van der Waals surface area contributed by atoms with E-state index in [2.05, 4.69) is 16.0 Å². The number of H-pyrrole nitrogens is 1. The first kappa shape index (κ1) is 14.9. The Morgan fingerprint density at radius 2 is 2.14 bits per heavy atom. The van der Waals surface area contributed by atoms with Crippen LogP contribution in [0.3, 0.4) is 0 Å². The van der Waals surface area contributed by atoms with Crippen molar-refractivity contribution in [2.24, 2.45) is 0 Å². The molecule has 2 aromatic rings. The minimum atomic E-state index is 0.242. The molecule has 0 aliphatic rings. The van der Waals surface area contributed by atoms with Gasteiger partial charge in [-0.05, 0) is 44.0 Å². The number of aromatic amines is 1. The third-order valence-corrected chi connectivity index (χ3v) is 3.10. The Labute approximate surface area is 124 Å². The number of aromatic hydroxyl groups is 1. The van der Waals surface area contributed by atoms with Crippen LogP contribution in [-0.2, 0) is 6.42 Å². The number of hydrogen-bond acceptors (Lipinski definition) is 3. The zero-order valence-corrected chi connectivity index (χ0v) is 12.6. The number of nitrogens with one attached hydrogen (secondary N) is 1. The van der Waals surface area contributed by atoms with Crippen molar-refractivity contribution in [1.29, 1.82) is 0 Å². The van der Waals surface area contributed by atoms with E-state index < -0.39 is 0 Å². The second-order valence-electron chi connectivity index (χ2n) is 5.01. The number of phenols is 1. The van der Waals surface area contributed by atoms with E-state index in [0.717, 1.165) is 17.0 Å². The van der Waals surface area contributed by atoms with Crippen LogP contribution in [0.5, 0.6) is 11.5 Å². The van der Waals surface area contributed by atoms with E-state index >= 15 is 0 Å². The monoisotopic (exact) mass is 284 g/mol. The fourth-order valence-corrected chi connectivity index (χ4v) is 1.98. The molecule has 0 atom stereocenters. The van der Waals surface area contributed by atoms with Crippen LogP contribution in [0, 0.1) is 0 Å². The summed E-state index contributed by atoms with van der Waals surface area (Å²) in [7, 11) is 1.61. The summed E-state index contributed by atoms with van der Waals surface area (Å²) in [6, 6.07) is 3.64. The summed E-state index contributed by atoms with van der Waals surface area (Å²) >= 11 is 0. The largest absolute Gasteiger partial charge is 0.507 e. The van der Waals surface area contributed by atoms with Gasteiger partial charge in [-0.3, -0.25) is 0 Å². The van der Waals surface area contributed by atoms with Gasteiger partial charge in [0.25, 0.3) is 0 Å². The molecule has 0 spiro atoms. The Bertz CT molecular complexity index is 652. The SMILES string of the molecule is COc1cc(/C=C/c2ncc[nH]2)cc(O)c1CC=C(C)C. The van der Waals surface area contributed by atoms with Gasteiger partial charge in [0.2, 0.25) is 0 Å². The summed E-state index contributed by atoms with van der Waals surface area (Å²) in [5, 5.41) is 10.2. The highest BCUT2D eigenvalue weighted by atomic mass is 16.5. The molecule has 0 radical (unpaired) electrons. The van der Waals surface area contributed by atoms with Gasteiger partial charge in [0.1, 0.15) is 17.3 Å². The van der Waals surface area contributed by atoms with Crippen LogP contribution in [-0.4, -0.2) is 22.2 Å². The fourth-order valence-electron chi connectivity index (χ4n) is 1.98. The molecule has 1 aromatic heterocycles. The van der Waals surface area contributed by atoms with Gasteiger partial charge in [-0.1, -0.05) is 17.7 Å². The average Bonchev–Trinajstić information content (AvgIpc) is 2.96. The number of imidazole rings is 1. The highest BCUT2D eigenvalue weighted by Gasteiger charge is 2.09. The van der Waals surface area contributed by atoms with Crippen molar-refractivity contribution >= 4 is 12.2 Å². The second-order valence-corrected chi connectivity index (χ2v) is 5.01. The Balaban J connectivity index is 2.29. The third kappa shape index (κ3) is 3.99. The normalized spacial score (nSPS) is 10.8. The van der Waals surface area contributed by atoms with E-state index in [9.17, 15) is 5.11 Å². The smallest absolute Gasteiger partial charge is 0.129 e. The van der Waals surface area contributed by atoms with E-state index in [4.69, 9.17) is 4.74 Å². The van der Waals surface area contributed by atoms with Gasteiger partial charge in [-0.2, -0.15) is 0 Å². The van der Waals surface area contributed by atoms with Crippen molar-refractivity contribution < 1.29 is 9.84 Å². The molecule has 0 aliphatic carbocycles. The number of nitrogens with zero attached hydrogens (tertiary/aromatic N) is 1. The quantitative estimate of drug-likeness (QED) is 0.821. The summed E-state index contributed by atoms with van der Waals surface area (Å²) < 4.78 is 5.39. The predicted molar refractivity (Wildman–Crippen MR) is 85.3 cm³/mol. The molecular weight excluding hydrogens is 264 g/mol. The van der Waals surface area contributed by atoms with E-state index in [1.807, 2.05) is 32.1 Å². The molecule has 1 heterocycles. The number of benzene rings is 1. The fraction of sp³-hybridized carbons (Fsp3) is 0.235. The lowest BCUT2D eigenvalue weighted by molar-refractivity contribution is 0.401. The average molecular weight is 284 g/mol. The Hall–Kier alpha value is -2.49. The highest BCUT2D eigenvalue weighted by molar-refractivity contribution is 5.69. The lowest BCUT2D eigenvalue weighted by Crippen LogP contribution is -1.93. The molecule has 0 fully saturated rings.